The van der Waals surface area contributed by atoms with Crippen LogP contribution < -0.4 is 4.90 Å². The monoisotopic (exact) mass is 743 g/mol. The maximum Gasteiger partial charge on any atom is 0.0720 e. The van der Waals surface area contributed by atoms with E-state index in [2.05, 4.69) is 229 Å². The average molecular weight is 744 g/mol. The van der Waals surface area contributed by atoms with Gasteiger partial charge in [0, 0.05) is 26.8 Å². The molecular weight excluding hydrogens is 707 g/mol. The van der Waals surface area contributed by atoms with Crippen molar-refractivity contribution >= 4 is 48.6 Å². The number of anilines is 3. The number of thiophene rings is 1. The summed E-state index contributed by atoms with van der Waals surface area (Å²) in [7, 11) is 0. The number of rotatable bonds is 7. The predicted molar refractivity (Wildman–Crippen MR) is 242 cm³/mol. The van der Waals surface area contributed by atoms with E-state index >= 15 is 0 Å². The first-order chi connectivity index (χ1) is 28.3. The average Bonchev–Trinajstić information content (AvgIpc) is 3.83. The van der Waals surface area contributed by atoms with Crippen molar-refractivity contribution in [2.24, 2.45) is 0 Å². The standard InChI is InChI=1S/C55H37NS/c1-4-16-38(17-5-1)40-30-34-43(35-31-40)56(44-36-32-41(33-37-44)39-18-6-2-7-19-39)51-28-14-24-47-53-50(27-15-29-52(53)57-54(47)51)55(42-20-8-3-9-21-42)48-25-12-10-22-45(48)46-23-11-13-26-49(46)55/h1-37H. The van der Waals surface area contributed by atoms with Crippen molar-refractivity contribution in [1.29, 1.82) is 0 Å². The van der Waals surface area contributed by atoms with Crippen molar-refractivity contribution in [3.05, 3.63) is 247 Å². The van der Waals surface area contributed by atoms with E-state index in [9.17, 15) is 0 Å². The van der Waals surface area contributed by atoms with Gasteiger partial charge >= 0.3 is 0 Å². The van der Waals surface area contributed by atoms with Crippen molar-refractivity contribution in [3.8, 4) is 33.4 Å². The Kier molecular flexibility index (Phi) is 7.98. The molecule has 2 heteroatoms. The van der Waals surface area contributed by atoms with E-state index in [1.807, 2.05) is 11.3 Å². The van der Waals surface area contributed by atoms with Gasteiger partial charge in [-0.25, -0.2) is 0 Å². The van der Waals surface area contributed by atoms with Crippen LogP contribution in [0.1, 0.15) is 22.3 Å². The van der Waals surface area contributed by atoms with Crippen LogP contribution in [0.4, 0.5) is 17.1 Å². The second kappa shape index (κ2) is 13.6. The fourth-order valence-corrected chi connectivity index (χ4v) is 10.5. The highest BCUT2D eigenvalue weighted by Crippen LogP contribution is 2.58. The Labute approximate surface area is 337 Å². The molecule has 0 saturated carbocycles. The fraction of sp³-hybridized carbons (Fsp3) is 0.0182. The summed E-state index contributed by atoms with van der Waals surface area (Å²) in [4.78, 5) is 2.44. The van der Waals surface area contributed by atoms with Gasteiger partial charge in [-0.2, -0.15) is 0 Å². The van der Waals surface area contributed by atoms with Crippen molar-refractivity contribution in [2.45, 2.75) is 5.41 Å². The molecule has 0 radical (unpaired) electrons. The number of benzene rings is 9. The zero-order valence-corrected chi connectivity index (χ0v) is 32.0. The molecule has 0 spiro atoms. The van der Waals surface area contributed by atoms with Crippen LogP contribution in [0.5, 0.6) is 0 Å². The van der Waals surface area contributed by atoms with Crippen LogP contribution in [-0.2, 0) is 5.41 Å². The van der Waals surface area contributed by atoms with E-state index < -0.39 is 5.41 Å². The summed E-state index contributed by atoms with van der Waals surface area (Å²) in [6.45, 7) is 0. The first-order valence-corrected chi connectivity index (χ1v) is 20.4. The van der Waals surface area contributed by atoms with Gasteiger partial charge in [0.25, 0.3) is 0 Å². The highest BCUT2D eigenvalue weighted by molar-refractivity contribution is 7.26. The summed E-state index contributed by atoms with van der Waals surface area (Å²) in [5.74, 6) is 0. The van der Waals surface area contributed by atoms with E-state index in [4.69, 9.17) is 0 Å². The highest BCUT2D eigenvalue weighted by atomic mass is 32.1. The maximum atomic E-state index is 2.44. The Balaban J connectivity index is 1.15. The number of hydrogen-bond donors (Lipinski definition) is 0. The van der Waals surface area contributed by atoms with Crippen LogP contribution in [0, 0.1) is 0 Å². The summed E-state index contributed by atoms with van der Waals surface area (Å²) < 4.78 is 2.55. The Hall–Kier alpha value is -7.00. The molecule has 0 unspecified atom stereocenters. The van der Waals surface area contributed by atoms with Gasteiger partial charge in [-0.3, -0.25) is 0 Å². The number of nitrogens with zero attached hydrogens (tertiary/aromatic N) is 1. The van der Waals surface area contributed by atoms with Gasteiger partial charge in [0.15, 0.2) is 0 Å². The molecule has 268 valence electrons. The fourth-order valence-electron chi connectivity index (χ4n) is 9.30. The van der Waals surface area contributed by atoms with Gasteiger partial charge in [-0.15, -0.1) is 11.3 Å². The summed E-state index contributed by atoms with van der Waals surface area (Å²) >= 11 is 1.89. The maximum absolute atomic E-state index is 2.44. The minimum Gasteiger partial charge on any atom is -0.309 e. The Bertz CT molecular complexity index is 2910. The quantitative estimate of drug-likeness (QED) is 0.157. The lowest BCUT2D eigenvalue weighted by Crippen LogP contribution is -2.28. The van der Waals surface area contributed by atoms with Gasteiger partial charge < -0.3 is 4.90 Å². The van der Waals surface area contributed by atoms with Crippen molar-refractivity contribution in [1.82, 2.24) is 0 Å². The molecule has 0 fully saturated rings. The Morgan fingerprint density at radius 2 is 0.807 bits per heavy atom. The highest BCUT2D eigenvalue weighted by Gasteiger charge is 2.47. The molecule has 9 aromatic carbocycles. The normalized spacial score (nSPS) is 12.7. The predicted octanol–water partition coefficient (Wildman–Crippen LogP) is 15.2. The van der Waals surface area contributed by atoms with Crippen LogP contribution >= 0.6 is 11.3 Å². The molecule has 0 atom stereocenters. The molecule has 0 saturated heterocycles. The van der Waals surface area contributed by atoms with Gasteiger partial charge in [0.1, 0.15) is 0 Å². The zero-order valence-electron chi connectivity index (χ0n) is 31.2. The Morgan fingerprint density at radius 1 is 0.351 bits per heavy atom. The molecular formula is C55H37NS. The molecule has 11 rings (SSSR count). The minimum atomic E-state index is -0.488. The van der Waals surface area contributed by atoms with Crippen LogP contribution in [0.15, 0.2) is 224 Å². The van der Waals surface area contributed by atoms with Gasteiger partial charge in [-0.05, 0) is 92.0 Å². The van der Waals surface area contributed by atoms with Crippen LogP contribution in [0.3, 0.4) is 0 Å². The smallest absolute Gasteiger partial charge is 0.0720 e. The molecule has 1 nitrogen and oxygen atoms in total. The van der Waals surface area contributed by atoms with Gasteiger partial charge in [0.05, 0.1) is 15.8 Å². The second-order valence-corrected chi connectivity index (χ2v) is 15.9. The van der Waals surface area contributed by atoms with Crippen LogP contribution in [-0.4, -0.2) is 0 Å². The first-order valence-electron chi connectivity index (χ1n) is 19.6. The zero-order chi connectivity index (χ0) is 37.8. The van der Waals surface area contributed by atoms with Gasteiger partial charge in [0.2, 0.25) is 0 Å². The summed E-state index contributed by atoms with van der Waals surface area (Å²) in [5, 5.41) is 2.58. The number of fused-ring (bicyclic) bond motifs is 6. The molecule has 0 bridgehead atoms. The van der Waals surface area contributed by atoms with E-state index in [0.717, 1.165) is 11.4 Å². The van der Waals surface area contributed by atoms with Gasteiger partial charge in [-0.1, -0.05) is 188 Å². The molecule has 0 amide bonds. The topological polar surface area (TPSA) is 3.24 Å². The number of hydrogen-bond acceptors (Lipinski definition) is 2. The van der Waals surface area contributed by atoms with E-state index in [1.54, 1.807) is 0 Å². The third kappa shape index (κ3) is 5.29. The lowest BCUT2D eigenvalue weighted by Gasteiger charge is -2.34. The summed E-state index contributed by atoms with van der Waals surface area (Å²) in [5.41, 5.74) is 15.6. The molecule has 1 aliphatic carbocycles. The molecule has 0 aliphatic heterocycles. The Morgan fingerprint density at radius 3 is 1.37 bits per heavy atom. The van der Waals surface area contributed by atoms with Crippen LogP contribution in [0.2, 0.25) is 0 Å². The van der Waals surface area contributed by atoms with Crippen molar-refractivity contribution in [2.75, 3.05) is 4.90 Å². The molecule has 10 aromatic rings. The molecule has 57 heavy (non-hydrogen) atoms. The third-order valence-corrected chi connectivity index (χ3v) is 13.0. The molecule has 0 N–H and O–H groups in total. The largest absolute Gasteiger partial charge is 0.309 e. The lowest BCUT2D eigenvalue weighted by atomic mass is 9.66. The molecule has 1 aromatic heterocycles. The van der Waals surface area contributed by atoms with Crippen molar-refractivity contribution in [3.63, 3.8) is 0 Å². The van der Waals surface area contributed by atoms with Crippen molar-refractivity contribution < 1.29 is 0 Å². The lowest BCUT2D eigenvalue weighted by molar-refractivity contribution is 0.777. The second-order valence-electron chi connectivity index (χ2n) is 14.8. The SMILES string of the molecule is c1ccc(-c2ccc(N(c3ccc(-c4ccccc4)cc3)c3cccc4c3sc3cccc(C5(c6ccccc6)c6ccccc6-c6ccccc65)c34)cc2)cc1. The van der Waals surface area contributed by atoms with E-state index in [-0.39, 0.29) is 0 Å². The molecule has 1 heterocycles. The summed E-state index contributed by atoms with van der Waals surface area (Å²) in [6.07, 6.45) is 0. The minimum absolute atomic E-state index is 0.488. The molecule has 1 aliphatic rings. The first kappa shape index (κ1) is 33.3. The summed E-state index contributed by atoms with van der Waals surface area (Å²) in [6, 6.07) is 82.3. The third-order valence-electron chi connectivity index (χ3n) is 11.8. The van der Waals surface area contributed by atoms with Crippen LogP contribution in [0.25, 0.3) is 53.6 Å². The van der Waals surface area contributed by atoms with E-state index in [1.165, 1.54) is 81.5 Å². The van der Waals surface area contributed by atoms with E-state index in [0.29, 0.717) is 0 Å².